The Hall–Kier alpha value is -2.22. The highest BCUT2D eigenvalue weighted by atomic mass is 32.2. The third kappa shape index (κ3) is 3.16. The van der Waals surface area contributed by atoms with E-state index in [2.05, 4.69) is 16.7 Å². The Morgan fingerprint density at radius 2 is 1.33 bits per heavy atom. The van der Waals surface area contributed by atoms with Crippen molar-refractivity contribution < 1.29 is 13.2 Å². The molecule has 4 rings (SSSR count). The lowest BCUT2D eigenvalue weighted by Gasteiger charge is -2.36. The second-order valence-corrected chi connectivity index (χ2v) is 8.76. The maximum atomic E-state index is 13.2. The Kier molecular flexibility index (Phi) is 4.75. The minimum absolute atomic E-state index is 0.102. The molecule has 2 aromatic carbocycles. The van der Waals surface area contributed by atoms with E-state index in [-0.39, 0.29) is 22.2 Å². The molecule has 0 unspecified atom stereocenters. The minimum atomic E-state index is -3.63. The molecule has 1 fully saturated rings. The molecule has 27 heavy (non-hydrogen) atoms. The van der Waals surface area contributed by atoms with Gasteiger partial charge in [0.2, 0.25) is 15.7 Å². The lowest BCUT2D eigenvalue weighted by molar-refractivity contribution is -0.119. The van der Waals surface area contributed by atoms with Gasteiger partial charge in [-0.05, 0) is 30.8 Å². The molecular formula is C20H23N3O3S. The molecule has 0 radical (unpaired) electrons. The van der Waals surface area contributed by atoms with E-state index in [1.165, 1.54) is 0 Å². The second-order valence-electron chi connectivity index (χ2n) is 6.88. The predicted molar refractivity (Wildman–Crippen MR) is 104 cm³/mol. The third-order valence-electron chi connectivity index (χ3n) is 5.31. The van der Waals surface area contributed by atoms with Crippen molar-refractivity contribution in [2.45, 2.75) is 16.7 Å². The number of sulfone groups is 1. The monoisotopic (exact) mass is 385 g/mol. The van der Waals surface area contributed by atoms with E-state index in [1.54, 1.807) is 53.4 Å². The number of rotatable bonds is 3. The Bertz CT molecular complexity index is 912. The van der Waals surface area contributed by atoms with Gasteiger partial charge >= 0.3 is 0 Å². The number of anilines is 2. The molecule has 0 aromatic heterocycles. The van der Waals surface area contributed by atoms with Crippen molar-refractivity contribution in [2.75, 3.05) is 44.2 Å². The smallest absolute Gasteiger partial charge is 0.245 e. The van der Waals surface area contributed by atoms with Crippen molar-refractivity contribution in [1.29, 1.82) is 0 Å². The van der Waals surface area contributed by atoms with Crippen LogP contribution in [0.5, 0.6) is 0 Å². The van der Waals surface area contributed by atoms with Gasteiger partial charge in [0.05, 0.1) is 27.7 Å². The van der Waals surface area contributed by atoms with Crippen LogP contribution in [0.25, 0.3) is 0 Å². The van der Waals surface area contributed by atoms with Gasteiger partial charge in [0, 0.05) is 26.2 Å². The number of piperazine rings is 1. The molecule has 0 bridgehead atoms. The van der Waals surface area contributed by atoms with Crippen LogP contribution in [0.3, 0.4) is 0 Å². The molecule has 2 aliphatic heterocycles. The number of para-hydroxylation sites is 2. The van der Waals surface area contributed by atoms with Gasteiger partial charge in [-0.3, -0.25) is 14.6 Å². The summed E-state index contributed by atoms with van der Waals surface area (Å²) in [5.74, 6) is -0.102. The molecule has 0 N–H and O–H groups in total. The zero-order valence-electron chi connectivity index (χ0n) is 15.3. The van der Waals surface area contributed by atoms with E-state index in [4.69, 9.17) is 0 Å². The normalized spacial score (nSPS) is 19.4. The summed E-state index contributed by atoms with van der Waals surface area (Å²) in [6.45, 7) is 7.02. The highest BCUT2D eigenvalue weighted by molar-refractivity contribution is 7.92. The van der Waals surface area contributed by atoms with E-state index < -0.39 is 9.84 Å². The van der Waals surface area contributed by atoms with Crippen LogP contribution < -0.4 is 4.90 Å². The van der Waals surface area contributed by atoms with Gasteiger partial charge in [0.1, 0.15) is 0 Å². The van der Waals surface area contributed by atoms with Crippen LogP contribution in [0.4, 0.5) is 11.4 Å². The van der Waals surface area contributed by atoms with Gasteiger partial charge < -0.3 is 4.90 Å². The standard InChI is InChI=1S/C20H23N3O3S/c1-2-21-11-13-22(14-12-21)15-20(24)23-16-7-3-5-9-18(16)27(25,26)19-10-6-4-8-17(19)23/h3-10H,2,11-15H2,1H3. The average Bonchev–Trinajstić information content (AvgIpc) is 2.69. The first-order chi connectivity index (χ1) is 13.0. The molecule has 0 atom stereocenters. The SMILES string of the molecule is CCN1CCN(CC(=O)N2c3ccccc3S(=O)(=O)c3ccccc32)CC1. The fourth-order valence-electron chi connectivity index (χ4n) is 3.78. The largest absolute Gasteiger partial charge is 0.301 e. The van der Waals surface area contributed by atoms with Gasteiger partial charge in [0.25, 0.3) is 0 Å². The van der Waals surface area contributed by atoms with Crippen LogP contribution >= 0.6 is 0 Å². The Labute approximate surface area is 159 Å². The number of carbonyl (C=O) groups excluding carboxylic acids is 1. The van der Waals surface area contributed by atoms with Crippen molar-refractivity contribution in [3.8, 4) is 0 Å². The summed E-state index contributed by atoms with van der Waals surface area (Å²) in [6, 6.07) is 13.5. The molecule has 7 heteroatoms. The first kappa shape index (κ1) is 18.2. The molecule has 0 saturated carbocycles. The lowest BCUT2D eigenvalue weighted by atomic mass is 10.2. The Morgan fingerprint density at radius 1 is 0.852 bits per heavy atom. The summed E-state index contributed by atoms with van der Waals surface area (Å²) in [7, 11) is -3.63. The van der Waals surface area contributed by atoms with Gasteiger partial charge in [-0.1, -0.05) is 31.2 Å². The van der Waals surface area contributed by atoms with Gasteiger partial charge in [-0.25, -0.2) is 8.42 Å². The summed E-state index contributed by atoms with van der Waals surface area (Å²) in [5.41, 5.74) is 0.877. The molecule has 1 saturated heterocycles. The lowest BCUT2D eigenvalue weighted by Crippen LogP contribution is -2.49. The van der Waals surface area contributed by atoms with Crippen LogP contribution in [0.1, 0.15) is 6.92 Å². The highest BCUT2D eigenvalue weighted by Gasteiger charge is 2.36. The van der Waals surface area contributed by atoms with Crippen LogP contribution in [0.2, 0.25) is 0 Å². The number of hydrogen-bond donors (Lipinski definition) is 0. The van der Waals surface area contributed by atoms with Crippen LogP contribution in [-0.4, -0.2) is 63.4 Å². The van der Waals surface area contributed by atoms with Crippen LogP contribution in [0.15, 0.2) is 58.3 Å². The fraction of sp³-hybridized carbons (Fsp3) is 0.350. The molecule has 0 aliphatic carbocycles. The number of amides is 1. The Morgan fingerprint density at radius 3 is 1.85 bits per heavy atom. The summed E-state index contributed by atoms with van der Waals surface area (Å²) >= 11 is 0. The molecule has 0 spiro atoms. The number of fused-ring (bicyclic) bond motifs is 2. The molecule has 2 heterocycles. The molecule has 1 amide bonds. The maximum Gasteiger partial charge on any atom is 0.245 e. The Balaban J connectivity index is 1.68. The average molecular weight is 385 g/mol. The van der Waals surface area contributed by atoms with Crippen molar-refractivity contribution in [3.05, 3.63) is 48.5 Å². The summed E-state index contributed by atoms with van der Waals surface area (Å²) in [6.07, 6.45) is 0. The van der Waals surface area contributed by atoms with E-state index in [0.717, 1.165) is 32.7 Å². The number of carbonyl (C=O) groups is 1. The van der Waals surface area contributed by atoms with Gasteiger partial charge in [-0.15, -0.1) is 0 Å². The van der Waals surface area contributed by atoms with Gasteiger partial charge in [-0.2, -0.15) is 0 Å². The van der Waals surface area contributed by atoms with Crippen LogP contribution in [-0.2, 0) is 14.6 Å². The quantitative estimate of drug-likeness (QED) is 0.810. The third-order valence-corrected chi connectivity index (χ3v) is 7.16. The summed E-state index contributed by atoms with van der Waals surface area (Å²) in [5, 5.41) is 0. The number of benzene rings is 2. The number of nitrogens with zero attached hydrogens (tertiary/aromatic N) is 3. The molecule has 142 valence electrons. The van der Waals surface area contributed by atoms with Crippen molar-refractivity contribution in [2.24, 2.45) is 0 Å². The van der Waals surface area contributed by atoms with E-state index in [1.807, 2.05) is 0 Å². The van der Waals surface area contributed by atoms with E-state index in [9.17, 15) is 13.2 Å². The maximum absolute atomic E-state index is 13.2. The summed E-state index contributed by atoms with van der Waals surface area (Å²) in [4.78, 5) is 19.7. The van der Waals surface area contributed by atoms with Crippen molar-refractivity contribution >= 4 is 27.1 Å². The first-order valence-corrected chi connectivity index (χ1v) is 10.7. The highest BCUT2D eigenvalue weighted by Crippen LogP contribution is 2.43. The minimum Gasteiger partial charge on any atom is -0.301 e. The molecular weight excluding hydrogens is 362 g/mol. The van der Waals surface area contributed by atoms with Crippen molar-refractivity contribution in [1.82, 2.24) is 9.80 Å². The predicted octanol–water partition coefficient (Wildman–Crippen LogP) is 2.13. The molecule has 2 aromatic rings. The zero-order chi connectivity index (χ0) is 19.0. The molecule has 2 aliphatic rings. The topological polar surface area (TPSA) is 60.9 Å². The van der Waals surface area contributed by atoms with Gasteiger partial charge in [0.15, 0.2) is 0 Å². The first-order valence-electron chi connectivity index (χ1n) is 9.23. The molecule has 6 nitrogen and oxygen atoms in total. The van der Waals surface area contributed by atoms with Crippen molar-refractivity contribution in [3.63, 3.8) is 0 Å². The second kappa shape index (κ2) is 7.07. The van der Waals surface area contributed by atoms with E-state index >= 15 is 0 Å². The number of likely N-dealkylation sites (N-methyl/N-ethyl adjacent to an activating group) is 1. The van der Waals surface area contributed by atoms with Crippen LogP contribution in [0, 0.1) is 0 Å². The number of hydrogen-bond acceptors (Lipinski definition) is 5. The fourth-order valence-corrected chi connectivity index (χ4v) is 5.40. The zero-order valence-corrected chi connectivity index (χ0v) is 16.2. The summed E-state index contributed by atoms with van der Waals surface area (Å²) < 4.78 is 25.9. The van der Waals surface area contributed by atoms with E-state index in [0.29, 0.717) is 11.4 Å².